The summed E-state index contributed by atoms with van der Waals surface area (Å²) in [6, 6.07) is 3.98. The van der Waals surface area contributed by atoms with Gasteiger partial charge in [-0.05, 0) is 91.8 Å². The molecule has 0 saturated heterocycles. The van der Waals surface area contributed by atoms with E-state index in [0.29, 0.717) is 19.8 Å². The van der Waals surface area contributed by atoms with E-state index in [2.05, 4.69) is 59.9 Å². The summed E-state index contributed by atoms with van der Waals surface area (Å²) >= 11 is 10.2. The van der Waals surface area contributed by atoms with Gasteiger partial charge in [-0.15, -0.1) is 0 Å². The molecule has 1 rings (SSSR count). The van der Waals surface area contributed by atoms with Crippen LogP contribution in [0.15, 0.2) is 31.2 Å². The molecule has 0 N–H and O–H groups in total. The number of benzene rings is 1. The summed E-state index contributed by atoms with van der Waals surface area (Å²) in [6.45, 7) is 7.56. The van der Waals surface area contributed by atoms with E-state index < -0.39 is 0 Å². The largest absolute Gasteiger partial charge is 0.492 e. The van der Waals surface area contributed by atoms with Crippen LogP contribution in [-0.2, 0) is 11.3 Å². The van der Waals surface area contributed by atoms with Gasteiger partial charge in [-0.3, -0.25) is 0 Å². The van der Waals surface area contributed by atoms with Crippen molar-refractivity contribution < 1.29 is 14.3 Å². The number of rotatable bonds is 11. The van der Waals surface area contributed by atoms with Gasteiger partial charge in [-0.2, -0.15) is 0 Å². The van der Waals surface area contributed by atoms with E-state index in [9.17, 15) is 0 Å². The van der Waals surface area contributed by atoms with Crippen LogP contribution < -0.4 is 9.47 Å². The molecule has 0 unspecified atom stereocenters. The van der Waals surface area contributed by atoms with E-state index >= 15 is 0 Å². The summed E-state index contributed by atoms with van der Waals surface area (Å²) < 4.78 is 13.5. The van der Waals surface area contributed by atoms with E-state index in [1.54, 1.807) is 0 Å². The van der Waals surface area contributed by atoms with Crippen LogP contribution in [0.25, 0.3) is 0 Å². The Morgan fingerprint density at radius 3 is 2.56 bits per heavy atom. The lowest BCUT2D eigenvalue weighted by Gasteiger charge is -2.15. The maximum Gasteiger partial charge on any atom is 0.136 e. The van der Waals surface area contributed by atoms with Gasteiger partial charge in [-0.25, -0.2) is 0 Å². The van der Waals surface area contributed by atoms with Crippen LogP contribution >= 0.6 is 47.8 Å². The Morgan fingerprint density at radius 1 is 1.16 bits per heavy atom. The predicted molar refractivity (Wildman–Crippen MR) is 114 cm³/mol. The van der Waals surface area contributed by atoms with Crippen molar-refractivity contribution in [2.75, 3.05) is 19.8 Å². The minimum absolute atomic E-state index is 0.485. The molecule has 25 heavy (non-hydrogen) atoms. The molecule has 1 aromatic rings. The van der Waals surface area contributed by atoms with Crippen molar-refractivity contribution in [2.45, 2.75) is 40.0 Å². The molecule has 0 fully saturated rings. The first-order valence-electron chi connectivity index (χ1n) is 8.16. The molecule has 0 spiro atoms. The molecule has 0 aromatic heterocycles. The van der Waals surface area contributed by atoms with E-state index in [4.69, 9.17) is 14.3 Å². The molecule has 0 aliphatic carbocycles. The Kier molecular flexibility index (Phi) is 11.5. The average Bonchev–Trinajstić information content (AvgIpc) is 2.52. The quantitative estimate of drug-likeness (QED) is 0.180. The zero-order valence-corrected chi connectivity index (χ0v) is 19.5. The number of hydrogen-bond donors (Lipinski definition) is 0. The van der Waals surface area contributed by atoms with E-state index in [0.717, 1.165) is 49.9 Å². The van der Waals surface area contributed by atoms with Gasteiger partial charge < -0.3 is 14.3 Å². The first-order valence-corrected chi connectivity index (χ1v) is 10.5. The Labute approximate surface area is 175 Å². The van der Waals surface area contributed by atoms with Crippen molar-refractivity contribution in [3.63, 3.8) is 0 Å². The van der Waals surface area contributed by atoms with Gasteiger partial charge in [0.25, 0.3) is 0 Å². The molecule has 0 aliphatic rings. The number of halogens is 3. The minimum atomic E-state index is 0.485. The molecule has 140 valence electrons. The SMILES string of the molecule is CCCc1cc(OCC=C(Br)Br)cc(Br)c1OCCCON=C(C)C. The zero-order chi connectivity index (χ0) is 18.7. The number of ether oxygens (including phenoxy) is 2. The van der Waals surface area contributed by atoms with Crippen molar-refractivity contribution in [1.29, 1.82) is 0 Å². The normalized spacial score (nSPS) is 10.2. The summed E-state index contributed by atoms with van der Waals surface area (Å²) in [4.78, 5) is 5.19. The molecular formula is C18H24Br3NO3. The van der Waals surface area contributed by atoms with E-state index in [-0.39, 0.29) is 0 Å². The first kappa shape index (κ1) is 22.5. The molecule has 0 bridgehead atoms. The fraction of sp³-hybridized carbons (Fsp3) is 0.500. The lowest BCUT2D eigenvalue weighted by atomic mass is 10.1. The highest BCUT2D eigenvalue weighted by atomic mass is 79.9. The minimum Gasteiger partial charge on any atom is -0.492 e. The fourth-order valence-electron chi connectivity index (χ4n) is 2.00. The molecule has 0 heterocycles. The maximum atomic E-state index is 5.97. The van der Waals surface area contributed by atoms with Crippen LogP contribution in [0, 0.1) is 0 Å². The topological polar surface area (TPSA) is 40.0 Å². The second-order valence-electron chi connectivity index (χ2n) is 5.52. The van der Waals surface area contributed by atoms with Crippen molar-refractivity contribution in [2.24, 2.45) is 5.16 Å². The maximum absolute atomic E-state index is 5.97. The van der Waals surface area contributed by atoms with Gasteiger partial charge >= 0.3 is 0 Å². The highest BCUT2D eigenvalue weighted by molar-refractivity contribution is 9.28. The molecular weight excluding hydrogens is 518 g/mol. The third-order valence-corrected chi connectivity index (χ3v) is 4.21. The molecule has 0 aliphatic heterocycles. The second-order valence-corrected chi connectivity index (χ2v) is 9.15. The van der Waals surface area contributed by atoms with Crippen LogP contribution in [-0.4, -0.2) is 25.5 Å². The third kappa shape index (κ3) is 9.66. The molecule has 0 amide bonds. The van der Waals surface area contributed by atoms with Crippen LogP contribution in [0.2, 0.25) is 0 Å². The van der Waals surface area contributed by atoms with Crippen LogP contribution in [0.3, 0.4) is 0 Å². The predicted octanol–water partition coefficient (Wildman–Crippen LogP) is 6.59. The van der Waals surface area contributed by atoms with Crippen molar-refractivity contribution >= 4 is 53.5 Å². The molecule has 0 atom stereocenters. The van der Waals surface area contributed by atoms with Crippen LogP contribution in [0.1, 0.15) is 39.2 Å². The summed E-state index contributed by atoms with van der Waals surface area (Å²) in [7, 11) is 0. The smallest absolute Gasteiger partial charge is 0.136 e. The van der Waals surface area contributed by atoms with Gasteiger partial charge in [0.1, 0.15) is 24.7 Å². The zero-order valence-electron chi connectivity index (χ0n) is 14.8. The molecule has 4 nitrogen and oxygen atoms in total. The number of aryl methyl sites for hydroxylation is 1. The fourth-order valence-corrected chi connectivity index (χ4v) is 2.86. The second kappa shape index (κ2) is 12.8. The lowest BCUT2D eigenvalue weighted by Crippen LogP contribution is -2.05. The number of hydrogen-bond acceptors (Lipinski definition) is 4. The standard InChI is InChI=1S/C18H24Br3NO3/c1-4-6-14-11-15(23-10-7-17(20)21)12-16(19)18(14)24-8-5-9-25-22-13(2)3/h7,11-12H,4-6,8-10H2,1-3H3. The van der Waals surface area contributed by atoms with Crippen molar-refractivity contribution in [1.82, 2.24) is 0 Å². The Bertz CT molecular complexity index is 595. The van der Waals surface area contributed by atoms with Crippen LogP contribution in [0.5, 0.6) is 11.5 Å². The first-order chi connectivity index (χ1) is 11.9. The molecule has 7 heteroatoms. The van der Waals surface area contributed by atoms with Gasteiger partial charge in [0, 0.05) is 6.42 Å². The average molecular weight is 542 g/mol. The highest BCUT2D eigenvalue weighted by Crippen LogP contribution is 2.35. The van der Waals surface area contributed by atoms with Gasteiger partial charge in [0.2, 0.25) is 0 Å². The van der Waals surface area contributed by atoms with Gasteiger partial charge in [0.05, 0.1) is 20.2 Å². The van der Waals surface area contributed by atoms with E-state index in [1.165, 1.54) is 0 Å². The van der Waals surface area contributed by atoms with Crippen LogP contribution in [0.4, 0.5) is 0 Å². The Hall–Kier alpha value is -0.530. The van der Waals surface area contributed by atoms with E-state index in [1.807, 2.05) is 32.1 Å². The summed E-state index contributed by atoms with van der Waals surface area (Å²) in [6.07, 6.45) is 4.64. The third-order valence-electron chi connectivity index (χ3n) is 2.97. The number of nitrogens with zero attached hydrogens (tertiary/aromatic N) is 1. The van der Waals surface area contributed by atoms with Crippen molar-refractivity contribution in [3.05, 3.63) is 31.6 Å². The number of oxime groups is 1. The Balaban J connectivity index is 2.67. The van der Waals surface area contributed by atoms with Gasteiger partial charge in [0.15, 0.2) is 0 Å². The summed E-state index contributed by atoms with van der Waals surface area (Å²) in [5, 5.41) is 3.91. The lowest BCUT2D eigenvalue weighted by molar-refractivity contribution is 0.127. The molecule has 0 saturated carbocycles. The Morgan fingerprint density at radius 2 is 1.92 bits per heavy atom. The summed E-state index contributed by atoms with van der Waals surface area (Å²) in [5.74, 6) is 1.69. The van der Waals surface area contributed by atoms with Gasteiger partial charge in [-0.1, -0.05) is 18.5 Å². The molecule has 1 aromatic carbocycles. The highest BCUT2D eigenvalue weighted by Gasteiger charge is 2.11. The molecule has 0 radical (unpaired) electrons. The monoisotopic (exact) mass is 539 g/mol. The summed E-state index contributed by atoms with van der Waals surface area (Å²) in [5.41, 5.74) is 2.04. The van der Waals surface area contributed by atoms with Crippen molar-refractivity contribution in [3.8, 4) is 11.5 Å².